The maximum atomic E-state index is 12.6. The van der Waals surface area contributed by atoms with Crippen LogP contribution in [0.25, 0.3) is 0 Å². The molecule has 150 valence electrons. The van der Waals surface area contributed by atoms with Gasteiger partial charge in [-0.05, 0) is 18.9 Å². The van der Waals surface area contributed by atoms with E-state index in [-0.39, 0.29) is 36.8 Å². The molecule has 1 aromatic carbocycles. The fourth-order valence-electron chi connectivity index (χ4n) is 3.26. The van der Waals surface area contributed by atoms with Gasteiger partial charge >= 0.3 is 0 Å². The molecule has 0 aliphatic carbocycles. The van der Waals surface area contributed by atoms with E-state index in [0.717, 1.165) is 51.4 Å². The molecule has 7 heteroatoms. The smallest absolute Gasteiger partial charge is 0.224 e. The third-order valence-electron chi connectivity index (χ3n) is 4.78. The van der Waals surface area contributed by atoms with Crippen LogP contribution in [0.5, 0.6) is 0 Å². The highest BCUT2D eigenvalue weighted by molar-refractivity contribution is 5.85. The molecule has 1 aromatic rings. The van der Waals surface area contributed by atoms with E-state index in [1.165, 1.54) is 0 Å². The van der Waals surface area contributed by atoms with Crippen molar-refractivity contribution in [2.75, 3.05) is 39.4 Å². The topological polar surface area (TPSA) is 58.8 Å². The number of rotatable bonds is 8. The van der Waals surface area contributed by atoms with E-state index in [4.69, 9.17) is 10.5 Å². The summed E-state index contributed by atoms with van der Waals surface area (Å²) < 4.78 is 5.47. The summed E-state index contributed by atoms with van der Waals surface area (Å²) in [5.74, 6) is 0.161. The van der Waals surface area contributed by atoms with Crippen molar-refractivity contribution in [3.05, 3.63) is 35.9 Å². The first-order chi connectivity index (χ1) is 11.7. The van der Waals surface area contributed by atoms with E-state index in [1.807, 2.05) is 42.2 Å². The van der Waals surface area contributed by atoms with Gasteiger partial charge in [0.15, 0.2) is 0 Å². The summed E-state index contributed by atoms with van der Waals surface area (Å²) in [6.07, 6.45) is 1.42. The first-order valence-electron chi connectivity index (χ1n) is 9.05. The number of benzene rings is 1. The fraction of sp³-hybridized carbons (Fsp3) is 0.632. The van der Waals surface area contributed by atoms with Crippen LogP contribution in [-0.2, 0) is 9.53 Å². The molecule has 1 aliphatic heterocycles. The van der Waals surface area contributed by atoms with Crippen LogP contribution in [0.1, 0.15) is 38.3 Å². The minimum Gasteiger partial charge on any atom is -0.380 e. The Labute approximate surface area is 170 Å². The maximum absolute atomic E-state index is 12.6. The van der Waals surface area contributed by atoms with Gasteiger partial charge in [-0.2, -0.15) is 0 Å². The SMILES string of the molecule is CCOCCN1CCN(C(=O)CC(N)c2ccccc2)CC1CC.Cl.Cl. The van der Waals surface area contributed by atoms with E-state index in [0.29, 0.717) is 12.5 Å². The molecule has 0 saturated carbocycles. The minimum absolute atomic E-state index is 0. The molecule has 0 radical (unpaired) electrons. The Morgan fingerprint density at radius 3 is 2.54 bits per heavy atom. The highest BCUT2D eigenvalue weighted by atomic mass is 35.5. The van der Waals surface area contributed by atoms with Crippen molar-refractivity contribution in [2.45, 2.75) is 38.8 Å². The lowest BCUT2D eigenvalue weighted by atomic mass is 10.0. The number of hydrogen-bond donors (Lipinski definition) is 1. The number of nitrogens with two attached hydrogens (primary N) is 1. The molecule has 2 rings (SSSR count). The van der Waals surface area contributed by atoms with Crippen molar-refractivity contribution in [1.29, 1.82) is 0 Å². The van der Waals surface area contributed by atoms with E-state index in [2.05, 4.69) is 11.8 Å². The minimum atomic E-state index is -0.227. The maximum Gasteiger partial charge on any atom is 0.224 e. The highest BCUT2D eigenvalue weighted by Crippen LogP contribution is 2.18. The number of piperazine rings is 1. The lowest BCUT2D eigenvalue weighted by Gasteiger charge is -2.41. The summed E-state index contributed by atoms with van der Waals surface area (Å²) >= 11 is 0. The molecule has 1 saturated heterocycles. The van der Waals surface area contributed by atoms with Crippen molar-refractivity contribution >= 4 is 30.7 Å². The molecule has 5 nitrogen and oxygen atoms in total. The second kappa shape index (κ2) is 13.3. The van der Waals surface area contributed by atoms with Gasteiger partial charge in [-0.1, -0.05) is 37.3 Å². The fourth-order valence-corrected chi connectivity index (χ4v) is 3.26. The molecule has 2 N–H and O–H groups in total. The molecule has 1 heterocycles. The molecule has 2 unspecified atom stereocenters. The zero-order valence-corrected chi connectivity index (χ0v) is 17.4. The van der Waals surface area contributed by atoms with E-state index >= 15 is 0 Å². The van der Waals surface area contributed by atoms with Crippen LogP contribution in [0.15, 0.2) is 30.3 Å². The number of carbonyl (C=O) groups excluding carboxylic acids is 1. The van der Waals surface area contributed by atoms with E-state index in [1.54, 1.807) is 0 Å². The number of halogens is 2. The molecule has 1 amide bonds. The van der Waals surface area contributed by atoms with Gasteiger partial charge in [-0.15, -0.1) is 24.8 Å². The molecule has 1 aliphatic rings. The molecule has 1 fully saturated rings. The number of nitrogens with zero attached hydrogens (tertiary/aromatic N) is 2. The summed E-state index contributed by atoms with van der Waals surface area (Å²) in [5, 5.41) is 0. The summed E-state index contributed by atoms with van der Waals surface area (Å²) in [5.41, 5.74) is 7.23. The molecule has 2 atom stereocenters. The Hall–Kier alpha value is -0.850. The summed E-state index contributed by atoms with van der Waals surface area (Å²) in [6.45, 7) is 9.15. The number of hydrogen-bond acceptors (Lipinski definition) is 4. The molecule has 26 heavy (non-hydrogen) atoms. The van der Waals surface area contributed by atoms with E-state index < -0.39 is 0 Å². The van der Waals surface area contributed by atoms with Gasteiger partial charge in [0, 0.05) is 51.3 Å². The first kappa shape index (κ1) is 25.1. The molecular formula is C19H33Cl2N3O2. The Morgan fingerprint density at radius 1 is 1.23 bits per heavy atom. The Bertz CT molecular complexity index is 505. The van der Waals surface area contributed by atoms with Crippen LogP contribution < -0.4 is 5.73 Å². The predicted molar refractivity (Wildman–Crippen MR) is 111 cm³/mol. The van der Waals surface area contributed by atoms with Crippen LogP contribution in [0.3, 0.4) is 0 Å². The summed E-state index contributed by atoms with van der Waals surface area (Å²) in [6, 6.07) is 10.0. The molecule has 0 spiro atoms. The number of carbonyl (C=O) groups is 1. The van der Waals surface area contributed by atoms with Gasteiger partial charge in [0.25, 0.3) is 0 Å². The predicted octanol–water partition coefficient (Wildman–Crippen LogP) is 2.88. The second-order valence-corrected chi connectivity index (χ2v) is 6.36. The second-order valence-electron chi connectivity index (χ2n) is 6.36. The number of ether oxygens (including phenoxy) is 1. The Morgan fingerprint density at radius 2 is 1.92 bits per heavy atom. The van der Waals surface area contributed by atoms with Crippen LogP contribution in [0.2, 0.25) is 0 Å². The van der Waals surface area contributed by atoms with Crippen LogP contribution >= 0.6 is 24.8 Å². The lowest BCUT2D eigenvalue weighted by Crippen LogP contribution is -2.55. The van der Waals surface area contributed by atoms with Gasteiger partial charge in [-0.25, -0.2) is 0 Å². The number of amides is 1. The van der Waals surface area contributed by atoms with Crippen molar-refractivity contribution in [2.24, 2.45) is 5.73 Å². The lowest BCUT2D eigenvalue weighted by molar-refractivity contribution is -0.134. The van der Waals surface area contributed by atoms with Gasteiger partial charge in [0.1, 0.15) is 0 Å². The Kier molecular flexibility index (Phi) is 12.9. The third-order valence-corrected chi connectivity index (χ3v) is 4.78. The van der Waals surface area contributed by atoms with Gasteiger partial charge in [-0.3, -0.25) is 9.69 Å². The van der Waals surface area contributed by atoms with Crippen LogP contribution in [0.4, 0.5) is 0 Å². The van der Waals surface area contributed by atoms with Crippen molar-refractivity contribution in [3.8, 4) is 0 Å². The van der Waals surface area contributed by atoms with Gasteiger partial charge in [0.05, 0.1) is 6.61 Å². The summed E-state index contributed by atoms with van der Waals surface area (Å²) in [4.78, 5) is 17.0. The van der Waals surface area contributed by atoms with Crippen molar-refractivity contribution < 1.29 is 9.53 Å². The summed E-state index contributed by atoms with van der Waals surface area (Å²) in [7, 11) is 0. The zero-order valence-electron chi connectivity index (χ0n) is 15.8. The molecular weight excluding hydrogens is 373 g/mol. The normalized spacial score (nSPS) is 18.6. The average Bonchev–Trinajstić information content (AvgIpc) is 2.62. The van der Waals surface area contributed by atoms with E-state index in [9.17, 15) is 4.79 Å². The van der Waals surface area contributed by atoms with Gasteiger partial charge in [0.2, 0.25) is 5.91 Å². The monoisotopic (exact) mass is 405 g/mol. The molecule has 0 bridgehead atoms. The van der Waals surface area contributed by atoms with Gasteiger partial charge < -0.3 is 15.4 Å². The standard InChI is InChI=1S/C19H31N3O2.2ClH/c1-3-17-15-22(11-10-21(17)12-13-24-4-2)19(23)14-18(20)16-8-6-5-7-9-16;;/h5-9,17-18H,3-4,10-15,20H2,1-2H3;2*1H. The third kappa shape index (κ3) is 7.41. The quantitative estimate of drug-likeness (QED) is 0.675. The molecule has 0 aromatic heterocycles. The zero-order chi connectivity index (χ0) is 17.4. The van der Waals surface area contributed by atoms with Crippen LogP contribution in [0, 0.1) is 0 Å². The largest absolute Gasteiger partial charge is 0.380 e. The van der Waals surface area contributed by atoms with Crippen molar-refractivity contribution in [1.82, 2.24) is 9.80 Å². The van der Waals surface area contributed by atoms with Crippen LogP contribution in [-0.4, -0.2) is 61.1 Å². The Balaban J connectivity index is 0.00000312. The average molecular weight is 406 g/mol. The first-order valence-corrected chi connectivity index (χ1v) is 9.05. The highest BCUT2D eigenvalue weighted by Gasteiger charge is 2.28. The van der Waals surface area contributed by atoms with Crippen molar-refractivity contribution in [3.63, 3.8) is 0 Å².